The van der Waals surface area contributed by atoms with E-state index < -0.39 is 10.0 Å². The lowest BCUT2D eigenvalue weighted by Crippen LogP contribution is -2.38. The quantitative estimate of drug-likeness (QED) is 0.801. The summed E-state index contributed by atoms with van der Waals surface area (Å²) < 4.78 is 26.3. The highest BCUT2D eigenvalue weighted by Crippen LogP contribution is 2.25. The van der Waals surface area contributed by atoms with Gasteiger partial charge in [0.05, 0.1) is 12.4 Å². The molecule has 1 fully saturated rings. The molecule has 0 unspecified atom stereocenters. The summed E-state index contributed by atoms with van der Waals surface area (Å²) >= 11 is 5.57. The van der Waals surface area contributed by atoms with Crippen LogP contribution in [0.25, 0.3) is 0 Å². The maximum Gasteiger partial charge on any atom is 0.246 e. The first-order chi connectivity index (χ1) is 9.04. The lowest BCUT2D eigenvalue weighted by molar-refractivity contribution is 0.262. The molecule has 1 aromatic heterocycles. The smallest absolute Gasteiger partial charge is 0.225 e. The molecule has 0 saturated carbocycles. The molecule has 1 aliphatic heterocycles. The van der Waals surface area contributed by atoms with Crippen LogP contribution < -0.4 is 0 Å². The molecule has 0 aromatic carbocycles. The fraction of sp³-hybridized carbons (Fsp3) is 0.667. The van der Waals surface area contributed by atoms with E-state index >= 15 is 0 Å². The van der Waals surface area contributed by atoms with E-state index in [0.29, 0.717) is 19.0 Å². The Morgan fingerprint density at radius 3 is 2.42 bits per heavy atom. The molecule has 0 spiro atoms. The zero-order valence-corrected chi connectivity index (χ0v) is 12.5. The normalized spacial score (nSPS) is 18.6. The van der Waals surface area contributed by atoms with Crippen molar-refractivity contribution in [3.8, 4) is 0 Å². The molecule has 5 nitrogen and oxygen atoms in total. The molecule has 1 aromatic rings. The van der Waals surface area contributed by atoms with Gasteiger partial charge in [-0.05, 0) is 30.4 Å². The zero-order chi connectivity index (χ0) is 13.9. The number of rotatable bonds is 4. The second-order valence-corrected chi connectivity index (χ2v) is 7.10. The van der Waals surface area contributed by atoms with Gasteiger partial charge in [0, 0.05) is 13.1 Å². The van der Waals surface area contributed by atoms with Crippen molar-refractivity contribution in [1.82, 2.24) is 14.3 Å². The van der Waals surface area contributed by atoms with Crippen LogP contribution >= 0.6 is 11.6 Å². The molecule has 0 atom stereocenters. The van der Waals surface area contributed by atoms with Gasteiger partial charge in [-0.25, -0.2) is 18.4 Å². The summed E-state index contributed by atoms with van der Waals surface area (Å²) in [5.41, 5.74) is 0. The first kappa shape index (κ1) is 14.7. The number of nitrogens with zero attached hydrogens (tertiary/aromatic N) is 3. The molecule has 0 aliphatic carbocycles. The van der Waals surface area contributed by atoms with E-state index in [1.54, 1.807) is 0 Å². The summed E-state index contributed by atoms with van der Waals surface area (Å²) in [6.07, 6.45) is 6.73. The van der Waals surface area contributed by atoms with Gasteiger partial charge in [-0.1, -0.05) is 19.8 Å². The molecule has 7 heteroatoms. The van der Waals surface area contributed by atoms with Gasteiger partial charge >= 0.3 is 0 Å². The van der Waals surface area contributed by atoms with Gasteiger partial charge < -0.3 is 0 Å². The van der Waals surface area contributed by atoms with Crippen molar-refractivity contribution >= 4 is 21.6 Å². The van der Waals surface area contributed by atoms with E-state index in [2.05, 4.69) is 16.9 Å². The van der Waals surface area contributed by atoms with E-state index in [4.69, 9.17) is 11.6 Å². The Kier molecular flexibility index (Phi) is 4.76. The summed E-state index contributed by atoms with van der Waals surface area (Å²) in [6.45, 7) is 3.32. The lowest BCUT2D eigenvalue weighted by atomic mass is 9.94. The topological polar surface area (TPSA) is 63.2 Å². The van der Waals surface area contributed by atoms with Gasteiger partial charge in [-0.2, -0.15) is 4.31 Å². The molecule has 0 amide bonds. The van der Waals surface area contributed by atoms with Crippen molar-refractivity contribution in [3.05, 3.63) is 17.7 Å². The van der Waals surface area contributed by atoms with Gasteiger partial charge in [-0.15, -0.1) is 0 Å². The van der Waals surface area contributed by atoms with Gasteiger partial charge in [0.15, 0.2) is 0 Å². The summed E-state index contributed by atoms with van der Waals surface area (Å²) in [5, 5.41) is 0.0561. The van der Waals surface area contributed by atoms with Crippen LogP contribution in [-0.4, -0.2) is 35.8 Å². The third-order valence-corrected chi connectivity index (χ3v) is 5.55. The van der Waals surface area contributed by atoms with Gasteiger partial charge in [-0.3, -0.25) is 0 Å². The van der Waals surface area contributed by atoms with Crippen LogP contribution in [0.1, 0.15) is 32.6 Å². The number of hydrogen-bond donors (Lipinski definition) is 0. The predicted molar refractivity (Wildman–Crippen MR) is 73.4 cm³/mol. The highest BCUT2D eigenvalue weighted by molar-refractivity contribution is 7.89. The molecule has 2 rings (SSSR count). The minimum absolute atomic E-state index is 0.0561. The Morgan fingerprint density at radius 2 is 1.89 bits per heavy atom. The third kappa shape index (κ3) is 3.43. The van der Waals surface area contributed by atoms with Crippen LogP contribution in [-0.2, 0) is 10.0 Å². The lowest BCUT2D eigenvalue weighted by Gasteiger charge is -2.30. The minimum Gasteiger partial charge on any atom is -0.225 e. The van der Waals surface area contributed by atoms with Crippen LogP contribution in [0.15, 0.2) is 17.3 Å². The average molecular weight is 304 g/mol. The monoisotopic (exact) mass is 303 g/mol. The Labute approximate surface area is 119 Å². The minimum atomic E-state index is -3.47. The first-order valence-electron chi connectivity index (χ1n) is 6.51. The molecule has 19 heavy (non-hydrogen) atoms. The second kappa shape index (κ2) is 6.15. The van der Waals surface area contributed by atoms with Crippen molar-refractivity contribution in [2.45, 2.75) is 37.5 Å². The van der Waals surface area contributed by atoms with E-state index in [0.717, 1.165) is 19.3 Å². The number of piperidine rings is 1. The van der Waals surface area contributed by atoms with E-state index in [1.807, 2.05) is 0 Å². The Bertz CT molecular complexity index is 510. The maximum atomic E-state index is 12.4. The first-order valence-corrected chi connectivity index (χ1v) is 8.33. The summed E-state index contributed by atoms with van der Waals surface area (Å²) in [6, 6.07) is 0. The van der Waals surface area contributed by atoms with Crippen molar-refractivity contribution < 1.29 is 8.42 Å². The molecule has 1 aliphatic rings. The molecule has 0 N–H and O–H groups in total. The van der Waals surface area contributed by atoms with Crippen LogP contribution in [0.3, 0.4) is 0 Å². The summed E-state index contributed by atoms with van der Waals surface area (Å²) in [5.74, 6) is 0.651. The number of halogens is 1. The molecule has 106 valence electrons. The zero-order valence-electron chi connectivity index (χ0n) is 10.9. The van der Waals surface area contributed by atoms with Gasteiger partial charge in [0.25, 0.3) is 0 Å². The molecular weight excluding hydrogens is 286 g/mol. The van der Waals surface area contributed by atoms with E-state index in [9.17, 15) is 8.42 Å². The van der Waals surface area contributed by atoms with Gasteiger partial charge in [0.1, 0.15) is 4.90 Å². The van der Waals surface area contributed by atoms with Crippen LogP contribution in [0.4, 0.5) is 0 Å². The molecule has 1 saturated heterocycles. The number of sulfonamides is 1. The highest BCUT2D eigenvalue weighted by Gasteiger charge is 2.29. The summed E-state index contributed by atoms with van der Waals surface area (Å²) in [7, 11) is -3.47. The Hall–Kier alpha value is -0.720. The standard InChI is InChI=1S/C12H18ClN3O2S/c1-2-3-10-4-6-16(7-5-10)19(17,18)11-8-14-12(13)15-9-11/h8-10H,2-7H2,1H3. The largest absolute Gasteiger partial charge is 0.246 e. The fourth-order valence-corrected chi connectivity index (χ4v) is 3.89. The Balaban J connectivity index is 2.07. The van der Waals surface area contributed by atoms with Crippen LogP contribution in [0.2, 0.25) is 5.28 Å². The van der Waals surface area contributed by atoms with Crippen molar-refractivity contribution in [2.24, 2.45) is 5.92 Å². The third-order valence-electron chi connectivity index (χ3n) is 3.50. The van der Waals surface area contributed by atoms with Crippen LogP contribution in [0, 0.1) is 5.92 Å². The van der Waals surface area contributed by atoms with Crippen LogP contribution in [0.5, 0.6) is 0 Å². The molecule has 0 radical (unpaired) electrons. The fourth-order valence-electron chi connectivity index (χ4n) is 2.43. The molecule has 0 bridgehead atoms. The van der Waals surface area contributed by atoms with Crippen molar-refractivity contribution in [3.63, 3.8) is 0 Å². The Morgan fingerprint density at radius 1 is 1.32 bits per heavy atom. The molecular formula is C12H18ClN3O2S. The van der Waals surface area contributed by atoms with Crippen molar-refractivity contribution in [2.75, 3.05) is 13.1 Å². The maximum absolute atomic E-state index is 12.4. The summed E-state index contributed by atoms with van der Waals surface area (Å²) in [4.78, 5) is 7.58. The SMILES string of the molecule is CCCC1CCN(S(=O)(=O)c2cnc(Cl)nc2)CC1. The van der Waals surface area contributed by atoms with E-state index in [1.165, 1.54) is 23.1 Å². The molecule has 2 heterocycles. The highest BCUT2D eigenvalue weighted by atomic mass is 35.5. The number of hydrogen-bond acceptors (Lipinski definition) is 4. The average Bonchev–Trinajstić information content (AvgIpc) is 2.40. The van der Waals surface area contributed by atoms with E-state index in [-0.39, 0.29) is 10.2 Å². The predicted octanol–water partition coefficient (Wildman–Crippen LogP) is 2.33. The second-order valence-electron chi connectivity index (χ2n) is 4.82. The van der Waals surface area contributed by atoms with Gasteiger partial charge in [0.2, 0.25) is 15.3 Å². The number of aromatic nitrogens is 2. The van der Waals surface area contributed by atoms with Crippen molar-refractivity contribution in [1.29, 1.82) is 0 Å².